The highest BCUT2D eigenvalue weighted by atomic mass is 16.5. The number of para-hydroxylation sites is 1. The Morgan fingerprint density at radius 1 is 1.42 bits per heavy atom. The number of benzene rings is 1. The van der Waals surface area contributed by atoms with Crippen molar-refractivity contribution >= 4 is 0 Å². The van der Waals surface area contributed by atoms with E-state index in [9.17, 15) is 5.11 Å². The van der Waals surface area contributed by atoms with Crippen molar-refractivity contribution < 1.29 is 14.6 Å². The van der Waals surface area contributed by atoms with E-state index in [-0.39, 0.29) is 5.75 Å². The molecule has 0 radical (unpaired) electrons. The highest BCUT2D eigenvalue weighted by Crippen LogP contribution is 2.29. The van der Waals surface area contributed by atoms with Crippen LogP contribution in [-0.4, -0.2) is 31.0 Å². The van der Waals surface area contributed by atoms with Crippen LogP contribution >= 0.6 is 0 Å². The molecule has 106 valence electrons. The topological polar surface area (TPSA) is 50.7 Å². The fourth-order valence-corrected chi connectivity index (χ4v) is 2.32. The summed E-state index contributed by atoms with van der Waals surface area (Å²) in [5.74, 6) is 0.789. The number of hydrogen-bond acceptors (Lipinski definition) is 4. The maximum atomic E-state index is 10.1. The first-order valence-electron chi connectivity index (χ1n) is 7.07. The Morgan fingerprint density at radius 2 is 2.32 bits per heavy atom. The molecule has 1 fully saturated rings. The van der Waals surface area contributed by atoms with Crippen molar-refractivity contribution in [2.75, 3.05) is 19.8 Å². The Labute approximate surface area is 114 Å². The van der Waals surface area contributed by atoms with Gasteiger partial charge < -0.3 is 19.9 Å². The minimum absolute atomic E-state index is 0.237. The molecule has 1 aliphatic rings. The van der Waals surface area contributed by atoms with Gasteiger partial charge in [0, 0.05) is 25.3 Å². The molecule has 1 aromatic rings. The van der Waals surface area contributed by atoms with Crippen LogP contribution in [0.4, 0.5) is 0 Å². The lowest BCUT2D eigenvalue weighted by molar-refractivity contribution is 0.0167. The van der Waals surface area contributed by atoms with Crippen LogP contribution in [0.2, 0.25) is 0 Å². The van der Waals surface area contributed by atoms with Gasteiger partial charge in [0.1, 0.15) is 0 Å². The normalized spacial score (nSPS) is 19.3. The number of hydrogen-bond donors (Lipinski definition) is 2. The summed E-state index contributed by atoms with van der Waals surface area (Å²) in [4.78, 5) is 0. The molecule has 2 N–H and O–H groups in total. The van der Waals surface area contributed by atoms with Gasteiger partial charge in [-0.1, -0.05) is 12.1 Å². The molecule has 1 heterocycles. The predicted octanol–water partition coefficient (Wildman–Crippen LogP) is 2.45. The van der Waals surface area contributed by atoms with E-state index in [2.05, 4.69) is 5.32 Å². The third-order valence-corrected chi connectivity index (χ3v) is 3.34. The first-order valence-corrected chi connectivity index (χ1v) is 7.07. The molecule has 4 nitrogen and oxygen atoms in total. The van der Waals surface area contributed by atoms with Gasteiger partial charge in [0.15, 0.2) is 11.5 Å². The van der Waals surface area contributed by atoms with Crippen LogP contribution in [0.5, 0.6) is 11.5 Å². The van der Waals surface area contributed by atoms with Crippen LogP contribution in [0, 0.1) is 0 Å². The van der Waals surface area contributed by atoms with E-state index in [0.717, 1.165) is 25.1 Å². The molecule has 0 saturated carbocycles. The number of aromatic hydroxyl groups is 1. The van der Waals surface area contributed by atoms with E-state index in [1.54, 1.807) is 6.07 Å². The first kappa shape index (κ1) is 14.2. The SMILES string of the molecule is CCOc1cccc(CNCC2CCCCO2)c1O. The average Bonchev–Trinajstić information content (AvgIpc) is 2.44. The lowest BCUT2D eigenvalue weighted by Gasteiger charge is -2.23. The molecule has 0 spiro atoms. The zero-order valence-corrected chi connectivity index (χ0v) is 11.5. The minimum Gasteiger partial charge on any atom is -0.504 e. The molecular formula is C15H23NO3. The number of phenols is 1. The fourth-order valence-electron chi connectivity index (χ4n) is 2.32. The molecule has 1 aromatic carbocycles. The van der Waals surface area contributed by atoms with E-state index in [1.807, 2.05) is 19.1 Å². The van der Waals surface area contributed by atoms with Crippen molar-refractivity contribution in [1.82, 2.24) is 5.32 Å². The summed E-state index contributed by atoms with van der Waals surface area (Å²) in [6.45, 7) is 4.80. The van der Waals surface area contributed by atoms with Gasteiger partial charge in [-0.2, -0.15) is 0 Å². The monoisotopic (exact) mass is 265 g/mol. The molecule has 1 saturated heterocycles. The van der Waals surface area contributed by atoms with E-state index >= 15 is 0 Å². The Morgan fingerprint density at radius 3 is 3.05 bits per heavy atom. The van der Waals surface area contributed by atoms with Crippen molar-refractivity contribution in [3.05, 3.63) is 23.8 Å². The highest BCUT2D eigenvalue weighted by Gasteiger charge is 2.13. The third kappa shape index (κ3) is 4.11. The van der Waals surface area contributed by atoms with Crippen molar-refractivity contribution in [1.29, 1.82) is 0 Å². The summed E-state index contributed by atoms with van der Waals surface area (Å²) < 4.78 is 11.0. The molecule has 0 aliphatic carbocycles. The lowest BCUT2D eigenvalue weighted by atomic mass is 10.1. The Balaban J connectivity index is 1.83. The van der Waals surface area contributed by atoms with Crippen molar-refractivity contribution in [3.63, 3.8) is 0 Å². The molecule has 0 aromatic heterocycles. The van der Waals surface area contributed by atoms with Crippen LogP contribution in [0.25, 0.3) is 0 Å². The summed E-state index contributed by atoms with van der Waals surface area (Å²) >= 11 is 0. The van der Waals surface area contributed by atoms with Crippen molar-refractivity contribution in [3.8, 4) is 11.5 Å². The largest absolute Gasteiger partial charge is 0.504 e. The Kier molecular flexibility index (Phi) is 5.48. The fraction of sp³-hybridized carbons (Fsp3) is 0.600. The standard InChI is InChI=1S/C15H23NO3/c1-2-18-14-8-5-6-12(15(14)17)10-16-11-13-7-3-4-9-19-13/h5-6,8,13,16-17H,2-4,7,9-11H2,1H3. The van der Waals surface area contributed by atoms with Crippen LogP contribution in [0.1, 0.15) is 31.7 Å². The number of rotatable bonds is 6. The second-order valence-corrected chi connectivity index (χ2v) is 4.82. The molecule has 2 rings (SSSR count). The average molecular weight is 265 g/mol. The van der Waals surface area contributed by atoms with Gasteiger partial charge in [0.05, 0.1) is 12.7 Å². The second-order valence-electron chi connectivity index (χ2n) is 4.82. The Hall–Kier alpha value is -1.26. The van der Waals surface area contributed by atoms with Gasteiger partial charge in [-0.3, -0.25) is 0 Å². The van der Waals surface area contributed by atoms with Gasteiger partial charge in [0.2, 0.25) is 0 Å². The zero-order chi connectivity index (χ0) is 13.5. The third-order valence-electron chi connectivity index (χ3n) is 3.34. The van der Waals surface area contributed by atoms with E-state index in [0.29, 0.717) is 25.0 Å². The molecule has 19 heavy (non-hydrogen) atoms. The van der Waals surface area contributed by atoms with Crippen molar-refractivity contribution in [2.45, 2.75) is 38.8 Å². The van der Waals surface area contributed by atoms with E-state index in [1.165, 1.54) is 12.8 Å². The van der Waals surface area contributed by atoms with Crippen molar-refractivity contribution in [2.24, 2.45) is 0 Å². The summed E-state index contributed by atoms with van der Waals surface area (Å²) in [6, 6.07) is 5.60. The molecule has 0 amide bonds. The van der Waals surface area contributed by atoms with E-state index in [4.69, 9.17) is 9.47 Å². The number of ether oxygens (including phenoxy) is 2. The summed E-state index contributed by atoms with van der Waals surface area (Å²) in [5.41, 5.74) is 0.863. The Bertz CT molecular complexity index is 389. The molecule has 4 heteroatoms. The zero-order valence-electron chi connectivity index (χ0n) is 11.5. The van der Waals surface area contributed by atoms with Gasteiger partial charge in [-0.05, 0) is 32.3 Å². The maximum Gasteiger partial charge on any atom is 0.162 e. The van der Waals surface area contributed by atoms with Gasteiger partial charge in [-0.25, -0.2) is 0 Å². The van der Waals surface area contributed by atoms with Crippen LogP contribution in [0.3, 0.4) is 0 Å². The molecule has 1 unspecified atom stereocenters. The maximum absolute atomic E-state index is 10.1. The van der Waals surface area contributed by atoms with Gasteiger partial charge in [0.25, 0.3) is 0 Å². The smallest absolute Gasteiger partial charge is 0.162 e. The van der Waals surface area contributed by atoms with E-state index < -0.39 is 0 Å². The summed E-state index contributed by atoms with van der Waals surface area (Å²) in [6.07, 6.45) is 3.86. The van der Waals surface area contributed by atoms with Crippen LogP contribution in [0.15, 0.2) is 18.2 Å². The summed E-state index contributed by atoms with van der Waals surface area (Å²) in [5, 5.41) is 13.4. The molecule has 1 atom stereocenters. The first-order chi connectivity index (χ1) is 9.31. The lowest BCUT2D eigenvalue weighted by Crippen LogP contribution is -2.31. The highest BCUT2D eigenvalue weighted by molar-refractivity contribution is 5.45. The molecule has 0 bridgehead atoms. The van der Waals surface area contributed by atoms with Gasteiger partial charge in [-0.15, -0.1) is 0 Å². The molecule has 1 aliphatic heterocycles. The quantitative estimate of drug-likeness (QED) is 0.829. The van der Waals surface area contributed by atoms with Gasteiger partial charge >= 0.3 is 0 Å². The van der Waals surface area contributed by atoms with Crippen LogP contribution in [-0.2, 0) is 11.3 Å². The van der Waals surface area contributed by atoms with Crippen LogP contribution < -0.4 is 10.1 Å². The predicted molar refractivity (Wildman–Crippen MR) is 74.6 cm³/mol. The number of phenolic OH excluding ortho intramolecular Hbond substituents is 1. The number of nitrogens with one attached hydrogen (secondary N) is 1. The second kappa shape index (κ2) is 7.36. The molecular weight excluding hydrogens is 242 g/mol. The summed E-state index contributed by atoms with van der Waals surface area (Å²) in [7, 11) is 0. The minimum atomic E-state index is 0.237.